The van der Waals surface area contributed by atoms with Crippen molar-refractivity contribution in [1.29, 1.82) is 0 Å². The van der Waals surface area contributed by atoms with E-state index in [-0.39, 0.29) is 11.8 Å². The average molecular weight is 1630 g/mol. The number of aryl methyl sites for hydroxylation is 8. The van der Waals surface area contributed by atoms with Crippen LogP contribution in [0.15, 0.2) is 292 Å². The van der Waals surface area contributed by atoms with Gasteiger partial charge in [-0.3, -0.25) is 0 Å². The fourth-order valence-electron chi connectivity index (χ4n) is 19.7. The molecule has 12 heteroatoms. The lowest BCUT2D eigenvalue weighted by Gasteiger charge is -2.21. The standard InChI is InChI=1S/C29H25N2O.C29H29N2O.C28H27N2O.C26H19N2O/c1-17(2)19-10-12-23-20(15-19)13-14-31(4)27(23)25-18(3)9-11-24-26-22-8-6-5-7-21(22)16-30-29(26)32-28(24)25;1-19-14-27-25(28-23-11-7-6-10-22(23)18-30-29(28)32-27)17-24(19)26-16-21(12-13-31(26)2)15-20-8-4-3-5-9-20;1-18-13-26-24(27-22-10-6-5-9-21(22)17-29-28(27)31-26)16-23(18)25-15-20(11-12-30(25)2)14-19-7-3-4-8-19;1-16-11-12-21-23-19-9-5-4-8-18(19)15-27-26(23)29-25(21)22(16)24-20-10-6-3-7-17(20)13-14-28(24)2/h5-17H,1-4H3;6-7,10-14,16-18,20H,3-5,8-9,15H2,1-2H3;5-6,9-13,15-17,19H,3-4,7-8,14H2,1-2H3;3-15H,1-2H3/q4*+1/i;15D2;14D2;. The molecule has 2 fully saturated rings. The van der Waals surface area contributed by atoms with E-state index in [9.17, 15) is 0 Å². The van der Waals surface area contributed by atoms with Crippen molar-refractivity contribution in [1.82, 2.24) is 19.9 Å². The Morgan fingerprint density at radius 1 is 0.331 bits per heavy atom. The zero-order valence-electron chi connectivity index (χ0n) is 75.8. The van der Waals surface area contributed by atoms with Gasteiger partial charge in [0.2, 0.25) is 45.6 Å². The maximum absolute atomic E-state index is 8.98. The van der Waals surface area contributed by atoms with E-state index in [2.05, 4.69) is 282 Å². The Morgan fingerprint density at radius 2 is 0.685 bits per heavy atom. The number of nitrogens with zero attached hydrogens (tertiary/aromatic N) is 8. The van der Waals surface area contributed by atoms with Gasteiger partial charge in [-0.25, -0.2) is 38.2 Å². The van der Waals surface area contributed by atoms with Crippen molar-refractivity contribution in [2.45, 2.75) is 118 Å². The molecule has 2 aliphatic rings. The Morgan fingerprint density at radius 3 is 1.11 bits per heavy atom. The zero-order valence-corrected chi connectivity index (χ0v) is 71.8. The predicted octanol–water partition coefficient (Wildman–Crippen LogP) is 27.0. The monoisotopic (exact) mass is 1620 g/mol. The minimum absolute atomic E-state index is 0.0839. The van der Waals surface area contributed by atoms with Gasteiger partial charge in [0.15, 0.2) is 36.0 Å². The van der Waals surface area contributed by atoms with E-state index < -0.39 is 12.7 Å². The second kappa shape index (κ2) is 31.9. The van der Waals surface area contributed by atoms with Gasteiger partial charge in [0.05, 0.1) is 43.4 Å². The summed E-state index contributed by atoms with van der Waals surface area (Å²) < 4.78 is 69.5. The summed E-state index contributed by atoms with van der Waals surface area (Å²) in [5.74, 6) is 0.675. The molecule has 124 heavy (non-hydrogen) atoms. The second-order valence-electron chi connectivity index (χ2n) is 34.7. The molecule has 0 amide bonds. The lowest BCUT2D eigenvalue weighted by Crippen LogP contribution is -2.31. The van der Waals surface area contributed by atoms with Gasteiger partial charge in [0.1, 0.15) is 39.4 Å². The van der Waals surface area contributed by atoms with Gasteiger partial charge < -0.3 is 17.7 Å². The van der Waals surface area contributed by atoms with Gasteiger partial charge in [0, 0.05) is 121 Å². The summed E-state index contributed by atoms with van der Waals surface area (Å²) in [5, 5.41) is 22.5. The molecule has 0 aliphatic heterocycles. The highest BCUT2D eigenvalue weighted by molar-refractivity contribution is 6.23. The molecule has 0 radical (unpaired) electrons. The minimum Gasteiger partial charge on any atom is -0.438 e. The van der Waals surface area contributed by atoms with Crippen LogP contribution in [0.4, 0.5) is 0 Å². The molecule has 12 nitrogen and oxygen atoms in total. The van der Waals surface area contributed by atoms with Crippen LogP contribution in [0, 0.1) is 39.5 Å². The average Bonchev–Trinajstić information content (AvgIpc) is 1.55. The van der Waals surface area contributed by atoms with Gasteiger partial charge in [-0.1, -0.05) is 223 Å². The number of fused-ring (bicyclic) bond motifs is 22. The van der Waals surface area contributed by atoms with Gasteiger partial charge in [-0.15, -0.1) is 0 Å². The first kappa shape index (κ1) is 72.9. The number of pyridine rings is 8. The molecule has 0 saturated heterocycles. The number of hydrogen-bond acceptors (Lipinski definition) is 8. The summed E-state index contributed by atoms with van der Waals surface area (Å²) in [4.78, 5) is 18.4. The molecule has 2 aliphatic carbocycles. The first-order valence-electron chi connectivity index (χ1n) is 45.7. The number of hydrogen-bond donors (Lipinski definition) is 0. The molecule has 0 spiro atoms. The molecular formula is C112H100N8O4+4. The van der Waals surface area contributed by atoms with E-state index in [1.54, 1.807) is 0 Å². The molecule has 0 N–H and O–H groups in total. The van der Waals surface area contributed by atoms with Crippen LogP contribution in [0.2, 0.25) is 0 Å². The summed E-state index contributed by atoms with van der Waals surface area (Å²) in [6.07, 6.45) is 22.7. The van der Waals surface area contributed by atoms with E-state index >= 15 is 0 Å². The first-order valence-corrected chi connectivity index (χ1v) is 43.7. The van der Waals surface area contributed by atoms with Gasteiger partial charge >= 0.3 is 0 Å². The Balaban J connectivity index is 0.000000104. The third kappa shape index (κ3) is 13.9. The predicted molar refractivity (Wildman–Crippen MR) is 507 cm³/mol. The lowest BCUT2D eigenvalue weighted by molar-refractivity contribution is -0.660. The van der Waals surface area contributed by atoms with Crippen molar-refractivity contribution >= 4 is 153 Å². The summed E-state index contributed by atoms with van der Waals surface area (Å²) in [5.41, 5.74) is 22.4. The molecule has 0 unspecified atom stereocenters. The number of benzene rings is 10. The van der Waals surface area contributed by atoms with Crippen LogP contribution in [0.5, 0.6) is 0 Å². The number of aromatic nitrogens is 8. The van der Waals surface area contributed by atoms with Crippen LogP contribution in [-0.4, -0.2) is 19.9 Å². The van der Waals surface area contributed by atoms with Gasteiger partial charge in [-0.05, 0) is 166 Å². The first-order chi connectivity index (χ1) is 62.1. The van der Waals surface area contributed by atoms with E-state index in [4.69, 9.17) is 23.2 Å². The van der Waals surface area contributed by atoms with Crippen molar-refractivity contribution in [3.05, 3.63) is 313 Å². The molecule has 10 aromatic carbocycles. The van der Waals surface area contributed by atoms with Crippen LogP contribution in [0.1, 0.15) is 122 Å². The fraction of sp³-hybridized carbons (Fsp3) is 0.214. The van der Waals surface area contributed by atoms with E-state index in [0.717, 1.165) is 211 Å². The molecule has 12 aromatic heterocycles. The van der Waals surface area contributed by atoms with Gasteiger partial charge in [0.25, 0.3) is 0 Å². The van der Waals surface area contributed by atoms with Crippen molar-refractivity contribution in [2.75, 3.05) is 0 Å². The molecular weight excluding hydrogens is 1520 g/mol. The maximum Gasteiger partial charge on any atom is 0.227 e. The molecule has 0 atom stereocenters. The summed E-state index contributed by atoms with van der Waals surface area (Å²) in [6.45, 7) is 13.0. The van der Waals surface area contributed by atoms with Crippen LogP contribution >= 0.6 is 0 Å². The second-order valence-corrected chi connectivity index (χ2v) is 34.7. The molecule has 2 saturated carbocycles. The van der Waals surface area contributed by atoms with Crippen LogP contribution in [-0.2, 0) is 40.9 Å². The topological polar surface area (TPSA) is 120 Å². The Bertz CT molecular complexity index is 8250. The third-order valence-corrected chi connectivity index (χ3v) is 26.2. The summed E-state index contributed by atoms with van der Waals surface area (Å²) in [7, 11) is 8.26. The normalized spacial score (nSPS) is 14.2. The lowest BCUT2D eigenvalue weighted by atomic mass is 9.85. The summed E-state index contributed by atoms with van der Waals surface area (Å²) >= 11 is 0. The Kier molecular flexibility index (Phi) is 18.7. The SMILES string of the molecule is Cc1ccc2c(oc3ncc4ccccc4c32)c1-c1c2ccc(C(C)C)cc2cc[n+]1C.Cc1ccc2c(oc3ncc4ccccc4c32)c1-c1c2ccccc2cc[n+]1C.[2H]C([2H])(c1cc[n+](C)c(-c2cc3c(cc2C)oc2ncc4ccccc4c23)c1)C1CCCC1.[2H]C([2H])(c1cc[n+](C)c(-c2cc3c(cc2C)oc2ncc4ccccc4c23)c1)C1CCCCC1. The van der Waals surface area contributed by atoms with E-state index in [1.807, 2.05) is 99.8 Å². The quantitative estimate of drug-likeness (QED) is 0.131. The zero-order chi connectivity index (χ0) is 87.7. The largest absolute Gasteiger partial charge is 0.438 e. The minimum atomic E-state index is -1.33. The fourth-order valence-corrected chi connectivity index (χ4v) is 19.7. The highest BCUT2D eigenvalue weighted by atomic mass is 16.4. The van der Waals surface area contributed by atoms with Crippen LogP contribution < -0.4 is 18.3 Å². The molecule has 0 bridgehead atoms. The van der Waals surface area contributed by atoms with E-state index in [1.165, 1.54) is 61.1 Å². The van der Waals surface area contributed by atoms with Crippen molar-refractivity contribution in [2.24, 2.45) is 40.0 Å². The summed E-state index contributed by atoms with van der Waals surface area (Å²) in [6, 6.07) is 78.2. The van der Waals surface area contributed by atoms with Crippen LogP contribution in [0.3, 0.4) is 0 Å². The number of furan rings is 4. The Hall–Kier alpha value is -13.8. The Labute approximate surface area is 726 Å². The van der Waals surface area contributed by atoms with Gasteiger partial charge in [-0.2, -0.15) is 0 Å². The maximum atomic E-state index is 8.98. The highest BCUT2D eigenvalue weighted by Gasteiger charge is 2.30. The molecule has 12 heterocycles. The molecule has 608 valence electrons. The van der Waals surface area contributed by atoms with Crippen molar-refractivity contribution in [3.63, 3.8) is 0 Å². The third-order valence-electron chi connectivity index (χ3n) is 26.2. The highest BCUT2D eigenvalue weighted by Crippen LogP contribution is 2.46. The van der Waals surface area contributed by atoms with Crippen molar-refractivity contribution in [3.8, 4) is 45.0 Å². The van der Waals surface area contributed by atoms with E-state index in [0.29, 0.717) is 28.8 Å². The molecule has 22 aromatic rings. The van der Waals surface area contributed by atoms with Crippen LogP contribution in [0.25, 0.3) is 198 Å². The van der Waals surface area contributed by atoms with Crippen molar-refractivity contribution < 1.29 is 41.4 Å². The molecule has 24 rings (SSSR count). The number of rotatable bonds is 9. The smallest absolute Gasteiger partial charge is 0.227 e.